The molecule has 3 aromatic carbocycles. The monoisotopic (exact) mass is 1000 g/mol. The number of methoxy groups -OCH3 is 1. The first-order valence-electron chi connectivity index (χ1n) is 22.8. The summed E-state index contributed by atoms with van der Waals surface area (Å²) in [5.74, 6) is 0.652. The minimum absolute atomic E-state index is 0.159. The Morgan fingerprint density at radius 2 is 1.51 bits per heavy atom. The van der Waals surface area contributed by atoms with E-state index in [0.29, 0.717) is 30.1 Å². The van der Waals surface area contributed by atoms with Gasteiger partial charge in [0, 0.05) is 32.5 Å². The molecule has 0 unspecified atom stereocenters. The predicted octanol–water partition coefficient (Wildman–Crippen LogP) is 7.43. The largest absolute Gasteiger partial charge is 0.408 e. The summed E-state index contributed by atoms with van der Waals surface area (Å²) in [5, 5.41) is -0.185. The molecule has 6 aromatic rings. The van der Waals surface area contributed by atoms with Crippen molar-refractivity contribution in [1.82, 2.24) is 28.7 Å². The zero-order valence-electron chi connectivity index (χ0n) is 39.3. The molecule has 3 aromatic heterocycles. The highest BCUT2D eigenvalue weighted by atomic mass is 32.5. The Morgan fingerprint density at radius 1 is 0.855 bits per heavy atom. The smallest absolute Gasteiger partial charge is 0.335 e. The normalized spacial score (nSPS) is 26.1. The summed E-state index contributed by atoms with van der Waals surface area (Å²) in [4.78, 5) is 42.9. The number of imidazole rings is 1. The number of nitrogens with zero attached hydrogens (tertiary/aromatic N) is 7. The van der Waals surface area contributed by atoms with E-state index in [0.717, 1.165) is 31.9 Å². The van der Waals surface area contributed by atoms with Crippen LogP contribution in [0.1, 0.15) is 49.9 Å². The van der Waals surface area contributed by atoms with Crippen molar-refractivity contribution >= 4 is 43.8 Å². The Balaban J connectivity index is 0.944. The van der Waals surface area contributed by atoms with E-state index in [4.69, 9.17) is 63.7 Å². The van der Waals surface area contributed by atoms with E-state index in [1.54, 1.807) is 13.4 Å². The van der Waals surface area contributed by atoms with Crippen LogP contribution in [0.4, 0.5) is 10.2 Å². The summed E-state index contributed by atoms with van der Waals surface area (Å²) in [6.07, 6.45) is -3.99. The van der Waals surface area contributed by atoms with Gasteiger partial charge in [0.1, 0.15) is 43.6 Å². The van der Waals surface area contributed by atoms with Crippen LogP contribution in [-0.2, 0) is 75.2 Å². The number of aromatic nitrogens is 6. The molecule has 3 aliphatic rings. The molecule has 3 saturated heterocycles. The topological polar surface area (TPSA) is 165 Å². The second kappa shape index (κ2) is 20.5. The summed E-state index contributed by atoms with van der Waals surface area (Å²) in [7, 11) is -0.895. The van der Waals surface area contributed by atoms with E-state index >= 15 is 4.39 Å². The van der Waals surface area contributed by atoms with Crippen LogP contribution in [0.15, 0.2) is 126 Å². The zero-order valence-corrected chi connectivity index (χ0v) is 42.0. The number of hydrogen-bond donors (Lipinski definition) is 0. The van der Waals surface area contributed by atoms with Crippen molar-refractivity contribution in [1.29, 1.82) is 0 Å². The summed E-state index contributed by atoms with van der Waals surface area (Å²) in [5.41, 5.74) is 2.77. The zero-order chi connectivity index (χ0) is 48.5. The maximum atomic E-state index is 16.5. The van der Waals surface area contributed by atoms with Gasteiger partial charge in [-0.1, -0.05) is 112 Å². The molecule has 17 nitrogen and oxygen atoms in total. The predicted molar refractivity (Wildman–Crippen MR) is 261 cm³/mol. The molecular weight excluding hydrogens is 945 g/mol. The van der Waals surface area contributed by atoms with Crippen molar-refractivity contribution in [2.75, 3.05) is 25.2 Å². The molecule has 0 bridgehead atoms. The van der Waals surface area contributed by atoms with Gasteiger partial charge < -0.3 is 37.3 Å². The fraction of sp³-hybridized carbons (Fsp3) is 0.438. The third kappa shape index (κ3) is 10.5. The first-order valence-corrected chi connectivity index (χ1v) is 28.3. The van der Waals surface area contributed by atoms with Gasteiger partial charge in [-0.15, -0.1) is 0 Å². The number of benzene rings is 3. The Morgan fingerprint density at radius 3 is 2.14 bits per heavy atom. The van der Waals surface area contributed by atoms with Gasteiger partial charge in [-0.05, 0) is 46.6 Å². The molecule has 0 saturated carbocycles. The van der Waals surface area contributed by atoms with Gasteiger partial charge >= 0.3 is 12.4 Å². The number of halogens is 1. The molecular formula is C48H57FN7O10PSSi. The van der Waals surface area contributed by atoms with Gasteiger partial charge in [-0.25, -0.2) is 28.7 Å². The SMILES string of the molecule is CO[C@@H]1[C@H](O[Si](C)(C)C(C)(C)C)[C@@H](CO[P@]2(=S)OC[C@H]3O[C@@H](n4ccc(=O)n(COCc5ccccc5)c4=O)[C@H](F)[C@@H]3O2)O[C@H]1n1cnc2c(N(Cc3ccccc3)Cc3ccccc3)ncnc21. The van der Waals surface area contributed by atoms with Gasteiger partial charge in [0.2, 0.25) is 0 Å². The minimum Gasteiger partial charge on any atom is -0.408 e. The van der Waals surface area contributed by atoms with Crippen LogP contribution in [0.5, 0.6) is 0 Å². The summed E-state index contributed by atoms with van der Waals surface area (Å²) in [6.45, 7) is 7.71. The molecule has 0 spiro atoms. The molecule has 0 radical (unpaired) electrons. The van der Waals surface area contributed by atoms with Crippen molar-refractivity contribution in [3.8, 4) is 0 Å². The lowest BCUT2D eigenvalue weighted by atomic mass is 10.1. The summed E-state index contributed by atoms with van der Waals surface area (Å²) < 4.78 is 70.7. The van der Waals surface area contributed by atoms with Crippen molar-refractivity contribution in [3.05, 3.63) is 153 Å². The fourth-order valence-electron chi connectivity index (χ4n) is 8.47. The molecule has 3 aliphatic heterocycles. The molecule has 366 valence electrons. The van der Waals surface area contributed by atoms with Crippen molar-refractivity contribution < 1.29 is 41.3 Å². The molecule has 69 heavy (non-hydrogen) atoms. The van der Waals surface area contributed by atoms with Crippen molar-refractivity contribution in [2.24, 2.45) is 0 Å². The van der Waals surface area contributed by atoms with E-state index in [2.05, 4.69) is 63.0 Å². The van der Waals surface area contributed by atoms with Crippen molar-refractivity contribution in [3.63, 3.8) is 0 Å². The van der Waals surface area contributed by atoms with E-state index in [-0.39, 0.29) is 31.6 Å². The highest BCUT2D eigenvalue weighted by Crippen LogP contribution is 2.58. The summed E-state index contributed by atoms with van der Waals surface area (Å²) >= 11 is 5.88. The first kappa shape index (κ1) is 49.2. The lowest BCUT2D eigenvalue weighted by Crippen LogP contribution is -2.50. The van der Waals surface area contributed by atoms with Crippen LogP contribution in [-0.4, -0.2) is 94.0 Å². The summed E-state index contributed by atoms with van der Waals surface area (Å²) in [6, 6.07) is 30.8. The third-order valence-electron chi connectivity index (χ3n) is 13.2. The molecule has 0 amide bonds. The third-order valence-corrected chi connectivity index (χ3v) is 20.0. The van der Waals surface area contributed by atoms with Crippen LogP contribution in [0, 0.1) is 0 Å². The molecule has 21 heteroatoms. The highest BCUT2D eigenvalue weighted by molar-refractivity contribution is 8.07. The minimum atomic E-state index is -3.66. The Hall–Kier alpha value is -4.83. The number of alkyl halides is 1. The standard InChI is InChI=1S/C48H57FN7O10PSSi/c1-48(2,3)69(5,6)66-41-36(28-62-67(68)61-27-35-40(65-67)38(49)45(63-35)54-23-22-37(57)56(47(54)58)31-60-26-34-20-14-9-15-21-34)64-46(42(41)59-4)55-30-52-39-43(50-29-51-44(39)55)53(24-32-16-10-7-11-17-32)25-33-18-12-8-13-19-33/h7-23,29-30,35-36,38,40-42,45-46H,24-28,31H2,1-6H3/t35-,36-,38-,40-,41-,42-,45-,46-,67-/m1/s1. The van der Waals surface area contributed by atoms with Crippen LogP contribution in [0.2, 0.25) is 18.1 Å². The van der Waals surface area contributed by atoms with Gasteiger partial charge in [0.25, 0.3) is 5.56 Å². The van der Waals surface area contributed by atoms with Crippen molar-refractivity contribution in [2.45, 2.75) is 114 Å². The number of hydrogen-bond acceptors (Lipinski definition) is 15. The fourth-order valence-corrected chi connectivity index (χ4v) is 11.9. The molecule has 0 aliphatic carbocycles. The molecule has 6 heterocycles. The van der Waals surface area contributed by atoms with E-state index < -0.39 is 75.4 Å². The van der Waals surface area contributed by atoms with Crippen LogP contribution < -0.4 is 16.1 Å². The van der Waals surface area contributed by atoms with Gasteiger partial charge in [-0.2, -0.15) is 0 Å². The number of ether oxygens (including phenoxy) is 4. The van der Waals surface area contributed by atoms with Gasteiger partial charge in [-0.3, -0.25) is 18.5 Å². The Bertz CT molecular complexity index is 2830. The second-order valence-corrected chi connectivity index (χ2v) is 26.5. The second-order valence-electron chi connectivity index (χ2n) is 18.8. The average Bonchev–Trinajstić information content (AvgIpc) is 4.02. The molecule has 0 N–H and O–H groups in total. The molecule has 9 atom stereocenters. The highest BCUT2D eigenvalue weighted by Gasteiger charge is 2.55. The van der Waals surface area contributed by atoms with Crippen LogP contribution >= 0.6 is 6.72 Å². The maximum Gasteiger partial charge on any atom is 0.335 e. The quantitative estimate of drug-likeness (QED) is 0.0654. The average molecular weight is 1000 g/mol. The van der Waals surface area contributed by atoms with E-state index in [1.807, 2.05) is 71.3 Å². The molecule has 9 rings (SSSR count). The maximum absolute atomic E-state index is 16.5. The van der Waals surface area contributed by atoms with Crippen LogP contribution in [0.25, 0.3) is 11.2 Å². The van der Waals surface area contributed by atoms with E-state index in [1.165, 1.54) is 12.5 Å². The number of anilines is 1. The van der Waals surface area contributed by atoms with Crippen LogP contribution in [0.3, 0.4) is 0 Å². The lowest BCUT2D eigenvalue weighted by Gasteiger charge is -2.40. The first-order chi connectivity index (χ1) is 33.1. The Labute approximate surface area is 405 Å². The molecule has 3 fully saturated rings. The lowest BCUT2D eigenvalue weighted by molar-refractivity contribution is -0.0754. The van der Waals surface area contributed by atoms with Gasteiger partial charge in [0.15, 0.2) is 43.9 Å². The van der Waals surface area contributed by atoms with E-state index in [9.17, 15) is 9.59 Å². The number of rotatable bonds is 17. The number of fused-ring (bicyclic) bond motifs is 2. The Kier molecular flexibility index (Phi) is 14.6. The van der Waals surface area contributed by atoms with Gasteiger partial charge in [0.05, 0.1) is 26.1 Å².